The van der Waals surface area contributed by atoms with E-state index in [0.29, 0.717) is 18.9 Å². The lowest BCUT2D eigenvalue weighted by atomic mass is 10.6. The second-order valence-electron chi connectivity index (χ2n) is 2.48. The zero-order valence-corrected chi connectivity index (χ0v) is 7.73. The van der Waals surface area contributed by atoms with Crippen molar-refractivity contribution in [3.63, 3.8) is 0 Å². The molecule has 6 heteroatoms. The van der Waals surface area contributed by atoms with Gasteiger partial charge in [0, 0.05) is 13.1 Å². The van der Waals surface area contributed by atoms with E-state index in [2.05, 4.69) is 10.3 Å². The van der Waals surface area contributed by atoms with Gasteiger partial charge in [0.15, 0.2) is 5.82 Å². The van der Waals surface area contributed by atoms with Gasteiger partial charge >= 0.3 is 0 Å². The number of aromatic nitrogens is 2. The summed E-state index contributed by atoms with van der Waals surface area (Å²) in [6.07, 6.45) is 1.36. The van der Waals surface area contributed by atoms with E-state index in [1.54, 1.807) is 0 Å². The van der Waals surface area contributed by atoms with E-state index in [4.69, 9.17) is 0 Å². The van der Waals surface area contributed by atoms with Gasteiger partial charge in [0.25, 0.3) is 5.62 Å². The summed E-state index contributed by atoms with van der Waals surface area (Å²) in [5.74, 6) is 0.414. The van der Waals surface area contributed by atoms with Crippen LogP contribution < -0.4 is 10.9 Å². The molecule has 1 aromatic rings. The highest BCUT2D eigenvalue weighted by molar-refractivity contribution is 5.31. The second kappa shape index (κ2) is 3.88. The van der Waals surface area contributed by atoms with Crippen molar-refractivity contribution in [2.24, 2.45) is 4.99 Å². The smallest absolute Gasteiger partial charge is 0.273 e. The van der Waals surface area contributed by atoms with Crippen molar-refractivity contribution in [1.82, 2.24) is 9.46 Å². The first-order valence-electron chi connectivity index (χ1n) is 4.18. The number of nitrogens with zero attached hydrogens (tertiary/aromatic N) is 3. The molecule has 0 atom stereocenters. The van der Waals surface area contributed by atoms with Crippen LogP contribution in [0.3, 0.4) is 0 Å². The van der Waals surface area contributed by atoms with Gasteiger partial charge in [0.05, 0.1) is 6.20 Å². The van der Waals surface area contributed by atoms with Crippen LogP contribution in [0.25, 0.3) is 0 Å². The molecule has 0 aromatic carbocycles. The minimum Gasteiger partial charge on any atom is -0.425 e. The Morgan fingerprint density at radius 2 is 2.15 bits per heavy atom. The van der Waals surface area contributed by atoms with Gasteiger partial charge in [-0.15, -0.1) is 4.73 Å². The third-order valence-electron chi connectivity index (χ3n) is 1.52. The third-order valence-corrected chi connectivity index (χ3v) is 1.52. The topological polar surface area (TPSA) is 74.7 Å². The maximum absolute atomic E-state index is 9.45. The Labute approximate surface area is 75.7 Å². The van der Waals surface area contributed by atoms with E-state index in [0.717, 1.165) is 9.46 Å². The monoisotopic (exact) mass is 186 g/mol. The molecule has 1 rings (SSSR count). The fourth-order valence-corrected chi connectivity index (χ4v) is 1.02. The SMILES string of the molecule is CCN=c1n(O)cc(NCC)n1O. The molecule has 0 saturated carbocycles. The van der Waals surface area contributed by atoms with Crippen molar-refractivity contribution in [2.75, 3.05) is 18.4 Å². The number of hydrogen-bond acceptors (Lipinski definition) is 4. The molecule has 0 aliphatic heterocycles. The third kappa shape index (κ3) is 1.77. The highest BCUT2D eigenvalue weighted by Gasteiger charge is 2.05. The van der Waals surface area contributed by atoms with Gasteiger partial charge in [0.2, 0.25) is 0 Å². The molecular weight excluding hydrogens is 172 g/mol. The van der Waals surface area contributed by atoms with Crippen molar-refractivity contribution in [2.45, 2.75) is 13.8 Å². The summed E-state index contributed by atoms with van der Waals surface area (Å²) >= 11 is 0. The lowest BCUT2D eigenvalue weighted by Gasteiger charge is -1.99. The molecule has 0 unspecified atom stereocenters. The van der Waals surface area contributed by atoms with Gasteiger partial charge in [-0.1, -0.05) is 0 Å². The molecule has 1 aromatic heterocycles. The minimum absolute atomic E-state index is 0.110. The molecule has 0 bridgehead atoms. The molecular formula is C7H14N4O2. The van der Waals surface area contributed by atoms with Crippen LogP contribution in [0.5, 0.6) is 0 Å². The molecule has 0 spiro atoms. The van der Waals surface area contributed by atoms with Crippen LogP contribution in [0.4, 0.5) is 5.82 Å². The predicted octanol–water partition coefficient (Wildman–Crippen LogP) is 0.117. The summed E-state index contributed by atoms with van der Waals surface area (Å²) in [5, 5.41) is 21.6. The predicted molar refractivity (Wildman–Crippen MR) is 47.1 cm³/mol. The molecule has 0 aliphatic rings. The number of nitrogens with one attached hydrogen (secondary N) is 1. The number of anilines is 1. The Morgan fingerprint density at radius 1 is 1.46 bits per heavy atom. The quantitative estimate of drug-likeness (QED) is 0.587. The highest BCUT2D eigenvalue weighted by atomic mass is 16.5. The molecule has 0 fully saturated rings. The molecule has 0 aliphatic carbocycles. The Balaban J connectivity index is 3.15. The van der Waals surface area contributed by atoms with Crippen LogP contribution in [-0.2, 0) is 0 Å². The molecule has 3 N–H and O–H groups in total. The van der Waals surface area contributed by atoms with E-state index in [1.165, 1.54) is 6.20 Å². The van der Waals surface area contributed by atoms with Gasteiger partial charge < -0.3 is 15.7 Å². The van der Waals surface area contributed by atoms with Crippen LogP contribution in [0, 0.1) is 0 Å². The van der Waals surface area contributed by atoms with E-state index >= 15 is 0 Å². The lowest BCUT2D eigenvalue weighted by Crippen LogP contribution is -2.24. The van der Waals surface area contributed by atoms with E-state index in [9.17, 15) is 10.4 Å². The summed E-state index contributed by atoms with van der Waals surface area (Å²) in [7, 11) is 0. The largest absolute Gasteiger partial charge is 0.425 e. The number of rotatable bonds is 3. The Hall–Kier alpha value is -1.59. The van der Waals surface area contributed by atoms with Crippen LogP contribution in [0.2, 0.25) is 0 Å². The maximum Gasteiger partial charge on any atom is 0.273 e. The van der Waals surface area contributed by atoms with Gasteiger partial charge in [-0.2, -0.15) is 4.73 Å². The fraction of sp³-hybridized carbons (Fsp3) is 0.571. The van der Waals surface area contributed by atoms with Gasteiger partial charge in [-0.25, -0.2) is 4.99 Å². The molecule has 6 nitrogen and oxygen atoms in total. The fourth-order valence-electron chi connectivity index (χ4n) is 1.02. The molecule has 0 amide bonds. The first-order chi connectivity index (χ1) is 6.20. The van der Waals surface area contributed by atoms with E-state index in [1.807, 2.05) is 13.8 Å². The first kappa shape index (κ1) is 9.50. The average Bonchev–Trinajstić information content (AvgIpc) is 2.34. The van der Waals surface area contributed by atoms with Crippen molar-refractivity contribution < 1.29 is 10.4 Å². The zero-order valence-electron chi connectivity index (χ0n) is 7.73. The summed E-state index contributed by atoms with van der Waals surface area (Å²) in [6, 6.07) is 0. The lowest BCUT2D eigenvalue weighted by molar-refractivity contribution is 0.126. The first-order valence-corrected chi connectivity index (χ1v) is 4.18. The average molecular weight is 186 g/mol. The summed E-state index contributed by atoms with van der Waals surface area (Å²) in [5.41, 5.74) is 0.110. The molecule has 1 heterocycles. The van der Waals surface area contributed by atoms with Gasteiger partial charge in [-0.3, -0.25) is 0 Å². The zero-order chi connectivity index (χ0) is 9.84. The normalized spacial score (nSPS) is 12.0. The van der Waals surface area contributed by atoms with Crippen molar-refractivity contribution in [1.29, 1.82) is 0 Å². The van der Waals surface area contributed by atoms with Crippen molar-refractivity contribution in [3.8, 4) is 0 Å². The standard InChI is InChI=1S/C7H14N4O2/c1-3-8-6-5-10(12)7(9-4-2)11(6)13/h5,8,12-13H,3-4H2,1-2H3. The Morgan fingerprint density at radius 3 is 2.69 bits per heavy atom. The van der Waals surface area contributed by atoms with E-state index < -0.39 is 0 Å². The van der Waals surface area contributed by atoms with E-state index in [-0.39, 0.29) is 5.62 Å². The summed E-state index contributed by atoms with van der Waals surface area (Å²) in [6.45, 7) is 4.87. The highest BCUT2D eigenvalue weighted by Crippen LogP contribution is 1.99. The maximum atomic E-state index is 9.45. The Kier molecular flexibility index (Phi) is 2.84. The molecule has 74 valence electrons. The van der Waals surface area contributed by atoms with Crippen LogP contribution in [0.1, 0.15) is 13.8 Å². The molecule has 0 radical (unpaired) electrons. The van der Waals surface area contributed by atoms with Crippen LogP contribution in [-0.4, -0.2) is 33.0 Å². The second-order valence-corrected chi connectivity index (χ2v) is 2.48. The van der Waals surface area contributed by atoms with Crippen LogP contribution in [0.15, 0.2) is 11.2 Å². The number of imidazole rings is 1. The minimum atomic E-state index is 0.110. The van der Waals surface area contributed by atoms with Crippen molar-refractivity contribution >= 4 is 5.82 Å². The van der Waals surface area contributed by atoms with Crippen molar-refractivity contribution in [3.05, 3.63) is 11.8 Å². The summed E-state index contributed by atoms with van der Waals surface area (Å²) < 4.78 is 1.59. The van der Waals surface area contributed by atoms with Gasteiger partial charge in [0.1, 0.15) is 0 Å². The van der Waals surface area contributed by atoms with Crippen LogP contribution >= 0.6 is 0 Å². The van der Waals surface area contributed by atoms with Gasteiger partial charge in [-0.05, 0) is 13.8 Å². The molecule has 13 heavy (non-hydrogen) atoms. The number of hydrogen-bond donors (Lipinski definition) is 3. The molecule has 0 saturated heterocycles. The Bertz CT molecular complexity index is 339. The summed E-state index contributed by atoms with van der Waals surface area (Å²) in [4.78, 5) is 3.89.